The molecule has 0 aliphatic carbocycles. The average molecular weight is 375 g/mol. The van der Waals surface area contributed by atoms with Gasteiger partial charge in [0.1, 0.15) is 5.82 Å². The van der Waals surface area contributed by atoms with Crippen LogP contribution in [0.15, 0.2) is 47.3 Å². The number of nitrogens with one attached hydrogen (secondary N) is 1. The molecule has 2 fully saturated rings. The number of aromatic amines is 1. The maximum absolute atomic E-state index is 14.6. The van der Waals surface area contributed by atoms with Crippen molar-refractivity contribution in [3.05, 3.63) is 58.4 Å². The van der Waals surface area contributed by atoms with E-state index in [0.717, 1.165) is 11.3 Å². The number of anilines is 2. The molecule has 7 heteroatoms. The molecule has 0 saturated carbocycles. The first-order valence-electron chi connectivity index (χ1n) is 9.28. The summed E-state index contributed by atoms with van der Waals surface area (Å²) < 4.78 is 34.6. The lowest BCUT2D eigenvalue weighted by Gasteiger charge is -2.32. The predicted molar refractivity (Wildman–Crippen MR) is 101 cm³/mol. The van der Waals surface area contributed by atoms with Crippen LogP contribution in [0.2, 0.25) is 0 Å². The van der Waals surface area contributed by atoms with Gasteiger partial charge in [-0.05, 0) is 12.0 Å². The van der Waals surface area contributed by atoms with Crippen molar-refractivity contribution in [3.63, 3.8) is 0 Å². The Kier molecular flexibility index (Phi) is 4.86. The molecule has 144 valence electrons. The van der Waals surface area contributed by atoms with Gasteiger partial charge in [0, 0.05) is 43.9 Å². The summed E-state index contributed by atoms with van der Waals surface area (Å²) >= 11 is 0. The first-order valence-corrected chi connectivity index (χ1v) is 9.28. The van der Waals surface area contributed by atoms with E-state index in [2.05, 4.69) is 9.88 Å². The van der Waals surface area contributed by atoms with Crippen LogP contribution in [0.3, 0.4) is 0 Å². The molecule has 1 aromatic heterocycles. The van der Waals surface area contributed by atoms with Gasteiger partial charge in [-0.2, -0.15) is 0 Å². The highest BCUT2D eigenvalue weighted by atomic mass is 19.3. The first-order chi connectivity index (χ1) is 13.0. The lowest BCUT2D eigenvalue weighted by atomic mass is 10.0. The highest BCUT2D eigenvalue weighted by Crippen LogP contribution is 2.38. The molecule has 4 rings (SSSR count). The number of ether oxygens (including phenoxy) is 1. The van der Waals surface area contributed by atoms with Crippen LogP contribution in [0.1, 0.15) is 12.0 Å². The van der Waals surface area contributed by atoms with Gasteiger partial charge >= 0.3 is 0 Å². The molecule has 0 amide bonds. The van der Waals surface area contributed by atoms with E-state index in [1.807, 2.05) is 36.4 Å². The Balaban J connectivity index is 1.64. The number of nitrogens with zero attached hydrogens (tertiary/aromatic N) is 2. The molecule has 1 N–H and O–H groups in total. The molecule has 3 heterocycles. The summed E-state index contributed by atoms with van der Waals surface area (Å²) in [5, 5.41) is 0. The quantitative estimate of drug-likeness (QED) is 0.893. The highest BCUT2D eigenvalue weighted by Gasteiger charge is 2.49. The Hall–Kier alpha value is -2.41. The first kappa shape index (κ1) is 18.0. The van der Waals surface area contributed by atoms with Gasteiger partial charge in [0.2, 0.25) is 0 Å². The van der Waals surface area contributed by atoms with Gasteiger partial charge in [-0.25, -0.2) is 8.78 Å². The molecule has 1 atom stereocenters. The largest absolute Gasteiger partial charge is 0.378 e. The fourth-order valence-corrected chi connectivity index (χ4v) is 3.88. The zero-order valence-electron chi connectivity index (χ0n) is 15.0. The van der Waals surface area contributed by atoms with E-state index in [1.54, 1.807) is 4.90 Å². The van der Waals surface area contributed by atoms with Crippen LogP contribution in [-0.2, 0) is 11.2 Å². The molecule has 2 aliphatic heterocycles. The van der Waals surface area contributed by atoms with E-state index in [4.69, 9.17) is 4.74 Å². The maximum atomic E-state index is 14.6. The van der Waals surface area contributed by atoms with Crippen molar-refractivity contribution in [1.29, 1.82) is 0 Å². The molecule has 27 heavy (non-hydrogen) atoms. The second-order valence-corrected chi connectivity index (χ2v) is 7.10. The second kappa shape index (κ2) is 7.31. The molecular weight excluding hydrogens is 352 g/mol. The van der Waals surface area contributed by atoms with Gasteiger partial charge < -0.3 is 19.5 Å². The van der Waals surface area contributed by atoms with E-state index < -0.39 is 12.0 Å². The van der Waals surface area contributed by atoms with Crippen LogP contribution < -0.4 is 15.4 Å². The molecule has 2 aliphatic rings. The minimum Gasteiger partial charge on any atom is -0.378 e. The van der Waals surface area contributed by atoms with Crippen molar-refractivity contribution in [2.75, 3.05) is 42.6 Å². The number of morpholine rings is 1. The van der Waals surface area contributed by atoms with Crippen molar-refractivity contribution in [2.45, 2.75) is 24.8 Å². The average Bonchev–Trinajstić information content (AvgIpc) is 2.97. The van der Waals surface area contributed by atoms with Gasteiger partial charge in [-0.15, -0.1) is 0 Å². The van der Waals surface area contributed by atoms with Crippen LogP contribution in [-0.4, -0.2) is 49.8 Å². The third-order valence-electron chi connectivity index (χ3n) is 5.32. The number of halogens is 2. The van der Waals surface area contributed by atoms with Crippen molar-refractivity contribution >= 4 is 11.5 Å². The second-order valence-electron chi connectivity index (χ2n) is 7.10. The summed E-state index contributed by atoms with van der Waals surface area (Å²) in [7, 11) is 0. The van der Waals surface area contributed by atoms with Gasteiger partial charge in [-0.3, -0.25) is 4.79 Å². The number of H-pyrrole nitrogens is 1. The van der Waals surface area contributed by atoms with Crippen LogP contribution in [0.5, 0.6) is 0 Å². The number of hydrogen-bond donors (Lipinski definition) is 1. The van der Waals surface area contributed by atoms with Crippen molar-refractivity contribution in [2.24, 2.45) is 0 Å². The molecule has 0 spiro atoms. The SMILES string of the molecule is O=c1cc(N2CCOCC2)cc(N2CCC(F)(F)[C@@H]2Cc2ccccc2)[nH]1. The van der Waals surface area contributed by atoms with Crippen molar-refractivity contribution in [1.82, 2.24) is 4.98 Å². The third-order valence-corrected chi connectivity index (χ3v) is 5.32. The Morgan fingerprint density at radius 3 is 2.59 bits per heavy atom. The number of hydrogen-bond acceptors (Lipinski definition) is 4. The number of benzene rings is 1. The van der Waals surface area contributed by atoms with Gasteiger partial charge in [0.05, 0.1) is 19.3 Å². The van der Waals surface area contributed by atoms with Crippen LogP contribution in [0, 0.1) is 0 Å². The molecule has 0 radical (unpaired) electrons. The summed E-state index contributed by atoms with van der Waals surface area (Å²) in [5.41, 5.74) is 1.34. The monoisotopic (exact) mass is 375 g/mol. The van der Waals surface area contributed by atoms with Gasteiger partial charge in [0.25, 0.3) is 11.5 Å². The lowest BCUT2D eigenvalue weighted by Crippen LogP contribution is -2.42. The maximum Gasteiger partial charge on any atom is 0.270 e. The van der Waals surface area contributed by atoms with E-state index in [1.165, 1.54) is 6.07 Å². The molecule has 0 unspecified atom stereocenters. The fraction of sp³-hybridized carbons (Fsp3) is 0.450. The van der Waals surface area contributed by atoms with Crippen molar-refractivity contribution < 1.29 is 13.5 Å². The summed E-state index contributed by atoms with van der Waals surface area (Å²) in [6.07, 6.45) is 0.0198. The fourth-order valence-electron chi connectivity index (χ4n) is 3.88. The Morgan fingerprint density at radius 2 is 1.85 bits per heavy atom. The standard InChI is InChI=1S/C20H23F2N3O2/c21-20(22)6-7-25(17(20)12-15-4-2-1-3-5-15)18-13-16(14-19(26)23-18)24-8-10-27-11-9-24/h1-5,13-14,17H,6-12H2,(H,23,26)/t17-/m0/s1. The molecule has 2 saturated heterocycles. The summed E-state index contributed by atoms with van der Waals surface area (Å²) in [6.45, 7) is 2.78. The zero-order chi connectivity index (χ0) is 18.9. The Labute approximate surface area is 156 Å². The van der Waals surface area contributed by atoms with Gasteiger partial charge in [-0.1, -0.05) is 30.3 Å². The molecule has 5 nitrogen and oxygen atoms in total. The molecule has 1 aromatic carbocycles. The molecule has 2 aromatic rings. The summed E-state index contributed by atoms with van der Waals surface area (Å²) in [4.78, 5) is 18.7. The van der Waals surface area contributed by atoms with Crippen LogP contribution in [0.4, 0.5) is 20.3 Å². The normalized spacial score (nSPS) is 22.2. The van der Waals surface area contributed by atoms with Crippen LogP contribution >= 0.6 is 0 Å². The number of rotatable bonds is 4. The Morgan fingerprint density at radius 1 is 1.11 bits per heavy atom. The molecular formula is C20H23F2N3O2. The Bertz CT molecular complexity index is 835. The van der Waals surface area contributed by atoms with Crippen LogP contribution in [0.25, 0.3) is 0 Å². The smallest absolute Gasteiger partial charge is 0.270 e. The van der Waals surface area contributed by atoms with E-state index in [0.29, 0.717) is 32.1 Å². The molecule has 0 bridgehead atoms. The van der Waals surface area contributed by atoms with E-state index in [9.17, 15) is 13.6 Å². The van der Waals surface area contributed by atoms with E-state index >= 15 is 0 Å². The summed E-state index contributed by atoms with van der Waals surface area (Å²) in [5.74, 6) is -2.34. The van der Waals surface area contributed by atoms with Crippen molar-refractivity contribution in [3.8, 4) is 0 Å². The van der Waals surface area contributed by atoms with E-state index in [-0.39, 0.29) is 24.9 Å². The number of pyridine rings is 1. The minimum atomic E-state index is -2.80. The van der Waals surface area contributed by atoms with Gasteiger partial charge in [0.15, 0.2) is 0 Å². The third kappa shape index (κ3) is 3.83. The topological polar surface area (TPSA) is 48.6 Å². The number of aromatic nitrogens is 1. The summed E-state index contributed by atoms with van der Waals surface area (Å²) in [6, 6.07) is 11.7. The number of alkyl halides is 2. The highest BCUT2D eigenvalue weighted by molar-refractivity contribution is 5.56. The predicted octanol–water partition coefficient (Wildman–Crippen LogP) is 2.67. The lowest BCUT2D eigenvalue weighted by molar-refractivity contribution is -0.00681. The minimum absolute atomic E-state index is 0.214. The zero-order valence-corrected chi connectivity index (χ0v) is 15.0.